The van der Waals surface area contributed by atoms with Crippen molar-refractivity contribution < 1.29 is 17.5 Å². The van der Waals surface area contributed by atoms with E-state index in [2.05, 4.69) is 4.72 Å². The highest BCUT2D eigenvalue weighted by Gasteiger charge is 2.16. The summed E-state index contributed by atoms with van der Waals surface area (Å²) in [5, 5.41) is 1.87. The highest BCUT2D eigenvalue weighted by atomic mass is 32.2. The number of hydrogen-bond acceptors (Lipinski definition) is 4. The molecule has 0 radical (unpaired) electrons. The fraction of sp³-hybridized carbons (Fsp3) is 0.167. The van der Waals surface area contributed by atoms with Gasteiger partial charge in [0.2, 0.25) is 10.0 Å². The topological polar surface area (TPSA) is 55.4 Å². The summed E-state index contributed by atoms with van der Waals surface area (Å²) in [6, 6.07) is 7.10. The van der Waals surface area contributed by atoms with Crippen LogP contribution in [0.3, 0.4) is 0 Å². The number of rotatable bonds is 5. The number of hydrogen-bond donors (Lipinski definition) is 1. The number of ether oxygens (including phenoxy) is 1. The number of sulfonamides is 1. The second kappa shape index (κ2) is 5.68. The van der Waals surface area contributed by atoms with E-state index in [-0.39, 0.29) is 17.2 Å². The van der Waals surface area contributed by atoms with Crippen molar-refractivity contribution in [3.63, 3.8) is 0 Å². The summed E-state index contributed by atoms with van der Waals surface area (Å²) in [5.74, 6) is -0.696. The minimum atomic E-state index is -3.68. The molecule has 0 aliphatic carbocycles. The molecule has 0 spiro atoms. The zero-order chi connectivity index (χ0) is 13.9. The summed E-state index contributed by atoms with van der Waals surface area (Å²) < 4.78 is 44.5. The van der Waals surface area contributed by atoms with Gasteiger partial charge in [0.25, 0.3) is 0 Å². The first-order chi connectivity index (χ1) is 9.03. The van der Waals surface area contributed by atoms with Crippen LogP contribution in [0.25, 0.3) is 0 Å². The molecule has 2 aromatic rings. The van der Waals surface area contributed by atoms with Gasteiger partial charge >= 0.3 is 0 Å². The number of nitrogens with one attached hydrogen (secondary N) is 1. The van der Waals surface area contributed by atoms with Gasteiger partial charge in [-0.25, -0.2) is 17.5 Å². The molecular formula is C12H12FNO3S2. The highest BCUT2D eigenvalue weighted by Crippen LogP contribution is 2.21. The van der Waals surface area contributed by atoms with Crippen molar-refractivity contribution in [2.45, 2.75) is 11.4 Å². The van der Waals surface area contributed by atoms with E-state index in [1.54, 1.807) is 0 Å². The third-order valence-corrected chi connectivity index (χ3v) is 4.72. The lowest BCUT2D eigenvalue weighted by Crippen LogP contribution is -2.22. The molecule has 1 N–H and O–H groups in total. The van der Waals surface area contributed by atoms with E-state index < -0.39 is 15.8 Å². The lowest BCUT2D eigenvalue weighted by Gasteiger charge is -2.08. The van der Waals surface area contributed by atoms with Crippen LogP contribution in [0.5, 0.6) is 5.75 Å². The van der Waals surface area contributed by atoms with Gasteiger partial charge in [-0.2, -0.15) is 0 Å². The molecule has 0 aliphatic heterocycles. The molecule has 0 fully saturated rings. The number of halogens is 1. The van der Waals surface area contributed by atoms with Crippen molar-refractivity contribution in [1.82, 2.24) is 4.72 Å². The first kappa shape index (κ1) is 14.0. The third-order valence-electron chi connectivity index (χ3n) is 2.45. The van der Waals surface area contributed by atoms with Gasteiger partial charge in [-0.1, -0.05) is 6.07 Å². The molecule has 0 amide bonds. The monoisotopic (exact) mass is 301 g/mol. The summed E-state index contributed by atoms with van der Waals surface area (Å²) in [6.45, 7) is 0.208. The summed E-state index contributed by atoms with van der Waals surface area (Å²) >= 11 is 1.46. The fourth-order valence-electron chi connectivity index (χ4n) is 1.47. The van der Waals surface area contributed by atoms with Crippen LogP contribution in [0.4, 0.5) is 4.39 Å². The molecule has 0 unspecified atom stereocenters. The van der Waals surface area contributed by atoms with Crippen molar-refractivity contribution in [1.29, 1.82) is 0 Å². The lowest BCUT2D eigenvalue weighted by atomic mass is 10.3. The van der Waals surface area contributed by atoms with Gasteiger partial charge in [-0.05, 0) is 23.6 Å². The molecule has 2 rings (SSSR count). The van der Waals surface area contributed by atoms with Crippen LogP contribution >= 0.6 is 11.3 Å². The number of methoxy groups -OCH3 is 1. The van der Waals surface area contributed by atoms with Crippen LogP contribution in [0.1, 0.15) is 4.88 Å². The van der Waals surface area contributed by atoms with E-state index >= 15 is 0 Å². The van der Waals surface area contributed by atoms with Crippen LogP contribution in [0, 0.1) is 5.82 Å². The summed E-state index contributed by atoms with van der Waals surface area (Å²) in [5.41, 5.74) is 0. The van der Waals surface area contributed by atoms with Gasteiger partial charge in [0.05, 0.1) is 12.0 Å². The van der Waals surface area contributed by atoms with Crippen molar-refractivity contribution in [2.75, 3.05) is 7.11 Å². The fourth-order valence-corrected chi connectivity index (χ4v) is 3.23. The molecule has 1 heterocycles. The predicted molar refractivity (Wildman–Crippen MR) is 71.3 cm³/mol. The van der Waals surface area contributed by atoms with E-state index in [0.29, 0.717) is 0 Å². The number of thiophene rings is 1. The van der Waals surface area contributed by atoms with Crippen molar-refractivity contribution >= 4 is 21.4 Å². The quantitative estimate of drug-likeness (QED) is 0.922. The third kappa shape index (κ3) is 3.31. The Balaban J connectivity index is 2.19. The van der Waals surface area contributed by atoms with Crippen molar-refractivity contribution in [2.24, 2.45) is 0 Å². The Labute approximate surface area is 114 Å². The van der Waals surface area contributed by atoms with Crippen LogP contribution in [0.2, 0.25) is 0 Å². The second-order valence-corrected chi connectivity index (χ2v) is 6.50. The van der Waals surface area contributed by atoms with E-state index in [1.807, 2.05) is 17.5 Å². The molecule has 4 nitrogen and oxygen atoms in total. The van der Waals surface area contributed by atoms with Gasteiger partial charge in [0, 0.05) is 17.5 Å². The Morgan fingerprint density at radius 3 is 2.79 bits per heavy atom. The minimum absolute atomic E-state index is 0.0256. The van der Waals surface area contributed by atoms with E-state index in [1.165, 1.54) is 24.5 Å². The number of benzene rings is 1. The van der Waals surface area contributed by atoms with E-state index in [9.17, 15) is 12.8 Å². The molecule has 0 bridgehead atoms. The Bertz CT molecular complexity index is 654. The maximum absolute atomic E-state index is 13.2. The maximum atomic E-state index is 13.2. The normalized spacial score (nSPS) is 11.5. The van der Waals surface area contributed by atoms with Gasteiger partial charge in [0.1, 0.15) is 0 Å². The molecule has 1 aromatic heterocycles. The average molecular weight is 301 g/mol. The Hall–Kier alpha value is -1.44. The molecular weight excluding hydrogens is 289 g/mol. The first-order valence-corrected chi connectivity index (χ1v) is 7.75. The SMILES string of the molecule is COc1cc(S(=O)(=O)NCc2cccs2)ccc1F. The Kier molecular flexibility index (Phi) is 4.18. The summed E-state index contributed by atoms with van der Waals surface area (Å²) in [7, 11) is -2.39. The molecule has 7 heteroatoms. The zero-order valence-corrected chi connectivity index (χ0v) is 11.7. The molecule has 19 heavy (non-hydrogen) atoms. The van der Waals surface area contributed by atoms with Gasteiger partial charge < -0.3 is 4.74 Å². The Morgan fingerprint density at radius 1 is 1.37 bits per heavy atom. The van der Waals surface area contributed by atoms with Crippen LogP contribution < -0.4 is 9.46 Å². The zero-order valence-electron chi connectivity index (χ0n) is 10.1. The molecule has 0 aliphatic rings. The molecule has 0 atom stereocenters. The lowest BCUT2D eigenvalue weighted by molar-refractivity contribution is 0.385. The van der Waals surface area contributed by atoms with Gasteiger partial charge in [-0.15, -0.1) is 11.3 Å². The molecule has 0 saturated carbocycles. The molecule has 0 saturated heterocycles. The molecule has 1 aromatic carbocycles. The second-order valence-electron chi connectivity index (χ2n) is 3.70. The minimum Gasteiger partial charge on any atom is -0.494 e. The summed E-state index contributed by atoms with van der Waals surface area (Å²) in [4.78, 5) is 0.875. The van der Waals surface area contributed by atoms with Crippen LogP contribution in [-0.2, 0) is 16.6 Å². The molecule has 102 valence electrons. The van der Waals surface area contributed by atoms with Gasteiger partial charge in [0.15, 0.2) is 11.6 Å². The Morgan fingerprint density at radius 2 is 2.16 bits per heavy atom. The average Bonchev–Trinajstić information content (AvgIpc) is 2.90. The maximum Gasteiger partial charge on any atom is 0.241 e. The highest BCUT2D eigenvalue weighted by molar-refractivity contribution is 7.89. The van der Waals surface area contributed by atoms with E-state index in [0.717, 1.165) is 17.0 Å². The van der Waals surface area contributed by atoms with Crippen LogP contribution in [-0.4, -0.2) is 15.5 Å². The van der Waals surface area contributed by atoms with E-state index in [4.69, 9.17) is 4.74 Å². The first-order valence-electron chi connectivity index (χ1n) is 5.38. The predicted octanol–water partition coefficient (Wildman–Crippen LogP) is 2.37. The summed E-state index contributed by atoms with van der Waals surface area (Å²) in [6.07, 6.45) is 0. The largest absolute Gasteiger partial charge is 0.494 e. The van der Waals surface area contributed by atoms with Gasteiger partial charge in [-0.3, -0.25) is 0 Å². The van der Waals surface area contributed by atoms with Crippen LogP contribution in [0.15, 0.2) is 40.6 Å². The smallest absolute Gasteiger partial charge is 0.241 e. The van der Waals surface area contributed by atoms with Crippen molar-refractivity contribution in [3.05, 3.63) is 46.4 Å². The van der Waals surface area contributed by atoms with Crippen molar-refractivity contribution in [3.8, 4) is 5.75 Å². The standard InChI is InChI=1S/C12H12FNO3S2/c1-17-12-7-10(4-5-11(12)13)19(15,16)14-8-9-3-2-6-18-9/h2-7,14H,8H2,1H3.